The molecule has 0 radical (unpaired) electrons. The van der Waals surface area contributed by atoms with Crippen molar-refractivity contribution in [2.45, 2.75) is 28.9 Å². The van der Waals surface area contributed by atoms with Crippen molar-refractivity contribution in [3.63, 3.8) is 0 Å². The summed E-state index contributed by atoms with van der Waals surface area (Å²) in [6.45, 7) is 0. The van der Waals surface area contributed by atoms with Gasteiger partial charge < -0.3 is 0 Å². The third kappa shape index (κ3) is 3.02. The molecule has 1 saturated carbocycles. The number of benzene rings is 1. The standard InChI is InChI=1S/C17H12N6O2S/c18-9-12-8-14(23(24)25)5-6-15(12)26-17-21-20-16(22(17)13-3-4-13)11-2-1-7-19-10-11/h1-2,5-8,10,13H,3-4H2. The number of hydrogen-bond donors (Lipinski definition) is 0. The Labute approximate surface area is 152 Å². The van der Waals surface area contributed by atoms with Gasteiger partial charge in [0.15, 0.2) is 11.0 Å². The van der Waals surface area contributed by atoms with Crippen molar-refractivity contribution in [1.82, 2.24) is 19.7 Å². The van der Waals surface area contributed by atoms with Gasteiger partial charge in [0.25, 0.3) is 5.69 Å². The van der Waals surface area contributed by atoms with Crippen LogP contribution in [-0.4, -0.2) is 24.7 Å². The van der Waals surface area contributed by atoms with E-state index in [2.05, 4.69) is 19.7 Å². The van der Waals surface area contributed by atoms with Gasteiger partial charge in [0.05, 0.1) is 10.5 Å². The van der Waals surface area contributed by atoms with Crippen LogP contribution in [0, 0.1) is 21.4 Å². The largest absolute Gasteiger partial charge is 0.299 e. The Bertz CT molecular complexity index is 1020. The molecule has 0 spiro atoms. The summed E-state index contributed by atoms with van der Waals surface area (Å²) in [5.41, 5.74) is 1.02. The number of rotatable bonds is 5. The van der Waals surface area contributed by atoms with E-state index in [-0.39, 0.29) is 11.3 Å². The summed E-state index contributed by atoms with van der Waals surface area (Å²) in [5.74, 6) is 0.739. The van der Waals surface area contributed by atoms with Crippen LogP contribution in [0.2, 0.25) is 0 Å². The van der Waals surface area contributed by atoms with Crippen LogP contribution in [-0.2, 0) is 0 Å². The summed E-state index contributed by atoms with van der Waals surface area (Å²) >= 11 is 1.29. The zero-order chi connectivity index (χ0) is 18.1. The van der Waals surface area contributed by atoms with Crippen molar-refractivity contribution in [2.24, 2.45) is 0 Å². The summed E-state index contributed by atoms with van der Waals surface area (Å²) in [7, 11) is 0. The topological polar surface area (TPSA) is 111 Å². The lowest BCUT2D eigenvalue weighted by atomic mass is 10.2. The first-order chi connectivity index (χ1) is 12.7. The molecule has 1 aromatic carbocycles. The molecule has 1 fully saturated rings. The average Bonchev–Trinajstić information content (AvgIpc) is 3.42. The van der Waals surface area contributed by atoms with E-state index < -0.39 is 4.92 Å². The Kier molecular flexibility index (Phi) is 4.10. The molecule has 3 aromatic rings. The fourth-order valence-electron chi connectivity index (χ4n) is 2.61. The van der Waals surface area contributed by atoms with Gasteiger partial charge in [-0.05, 0) is 42.8 Å². The molecule has 2 aromatic heterocycles. The zero-order valence-corrected chi connectivity index (χ0v) is 14.3. The van der Waals surface area contributed by atoms with Crippen LogP contribution >= 0.6 is 11.8 Å². The molecule has 26 heavy (non-hydrogen) atoms. The normalized spacial score (nSPS) is 13.3. The Morgan fingerprint density at radius 1 is 1.31 bits per heavy atom. The molecule has 0 N–H and O–H groups in total. The van der Waals surface area contributed by atoms with Crippen molar-refractivity contribution >= 4 is 17.4 Å². The molecule has 0 aliphatic heterocycles. The summed E-state index contributed by atoms with van der Waals surface area (Å²) in [6, 6.07) is 10.4. The highest BCUT2D eigenvalue weighted by Crippen LogP contribution is 2.42. The molecule has 0 unspecified atom stereocenters. The van der Waals surface area contributed by atoms with Crippen LogP contribution in [0.1, 0.15) is 24.4 Å². The predicted octanol–water partition coefficient (Wildman–Crippen LogP) is 3.61. The molecule has 2 heterocycles. The molecule has 0 atom stereocenters. The average molecular weight is 364 g/mol. The molecular weight excluding hydrogens is 352 g/mol. The second-order valence-corrected chi connectivity index (χ2v) is 6.81. The maximum atomic E-state index is 10.9. The molecule has 8 nitrogen and oxygen atoms in total. The highest BCUT2D eigenvalue weighted by molar-refractivity contribution is 7.99. The van der Waals surface area contributed by atoms with E-state index >= 15 is 0 Å². The van der Waals surface area contributed by atoms with Crippen LogP contribution in [0.25, 0.3) is 11.4 Å². The molecule has 128 valence electrons. The fourth-order valence-corrected chi connectivity index (χ4v) is 3.57. The first-order valence-electron chi connectivity index (χ1n) is 7.89. The molecule has 0 amide bonds. The van der Waals surface area contributed by atoms with Gasteiger partial charge in [0, 0.05) is 41.0 Å². The quantitative estimate of drug-likeness (QED) is 0.502. The second kappa shape index (κ2) is 6.57. The summed E-state index contributed by atoms with van der Waals surface area (Å²) in [6.07, 6.45) is 5.53. The molecule has 9 heteroatoms. The lowest BCUT2D eigenvalue weighted by Gasteiger charge is -2.09. The van der Waals surface area contributed by atoms with Crippen LogP contribution in [0.3, 0.4) is 0 Å². The van der Waals surface area contributed by atoms with Gasteiger partial charge in [-0.3, -0.25) is 19.7 Å². The van der Waals surface area contributed by atoms with E-state index in [4.69, 9.17) is 0 Å². The minimum atomic E-state index is -0.511. The lowest BCUT2D eigenvalue weighted by molar-refractivity contribution is -0.384. The van der Waals surface area contributed by atoms with E-state index in [9.17, 15) is 15.4 Å². The van der Waals surface area contributed by atoms with Gasteiger partial charge in [0.2, 0.25) is 0 Å². The van der Waals surface area contributed by atoms with E-state index in [0.717, 1.165) is 24.2 Å². The lowest BCUT2D eigenvalue weighted by Crippen LogP contribution is -2.00. The summed E-state index contributed by atoms with van der Waals surface area (Å²) in [4.78, 5) is 15.1. The molecule has 1 aliphatic carbocycles. The molecular formula is C17H12N6O2S. The number of nitrogens with zero attached hydrogens (tertiary/aromatic N) is 6. The number of nitro benzene ring substituents is 1. The Hall–Kier alpha value is -3.25. The van der Waals surface area contributed by atoms with Crippen LogP contribution in [0.4, 0.5) is 5.69 Å². The number of hydrogen-bond acceptors (Lipinski definition) is 7. The number of non-ortho nitro benzene ring substituents is 1. The third-order valence-corrected chi connectivity index (χ3v) is 5.03. The van der Waals surface area contributed by atoms with Crippen molar-refractivity contribution < 1.29 is 4.92 Å². The van der Waals surface area contributed by atoms with Crippen LogP contribution in [0.15, 0.2) is 52.8 Å². The maximum Gasteiger partial charge on any atom is 0.270 e. The Balaban J connectivity index is 1.73. The van der Waals surface area contributed by atoms with Crippen LogP contribution in [0.5, 0.6) is 0 Å². The monoisotopic (exact) mass is 364 g/mol. The predicted molar refractivity (Wildman–Crippen MR) is 93.5 cm³/mol. The van der Waals surface area contributed by atoms with Gasteiger partial charge in [0.1, 0.15) is 6.07 Å². The fraction of sp³-hybridized carbons (Fsp3) is 0.176. The van der Waals surface area contributed by atoms with Crippen molar-refractivity contribution in [3.05, 3.63) is 58.4 Å². The van der Waals surface area contributed by atoms with E-state index in [0.29, 0.717) is 16.1 Å². The number of pyridine rings is 1. The van der Waals surface area contributed by atoms with Gasteiger partial charge in [-0.25, -0.2) is 0 Å². The van der Waals surface area contributed by atoms with Crippen molar-refractivity contribution in [2.75, 3.05) is 0 Å². The number of nitriles is 1. The molecule has 0 saturated heterocycles. The maximum absolute atomic E-state index is 10.9. The number of aromatic nitrogens is 4. The summed E-state index contributed by atoms with van der Waals surface area (Å²) in [5, 5.41) is 29.5. The van der Waals surface area contributed by atoms with Gasteiger partial charge in [-0.2, -0.15) is 5.26 Å². The first kappa shape index (κ1) is 16.2. The second-order valence-electron chi connectivity index (χ2n) is 5.80. The van der Waals surface area contributed by atoms with E-state index in [1.807, 2.05) is 18.2 Å². The highest BCUT2D eigenvalue weighted by atomic mass is 32.2. The Morgan fingerprint density at radius 2 is 2.15 bits per heavy atom. The van der Waals surface area contributed by atoms with Gasteiger partial charge in [-0.15, -0.1) is 10.2 Å². The van der Waals surface area contributed by atoms with Crippen LogP contribution < -0.4 is 0 Å². The minimum absolute atomic E-state index is 0.106. The molecule has 4 rings (SSSR count). The number of nitro groups is 1. The zero-order valence-electron chi connectivity index (χ0n) is 13.4. The summed E-state index contributed by atoms with van der Waals surface area (Å²) < 4.78 is 2.06. The molecule has 1 aliphatic rings. The minimum Gasteiger partial charge on any atom is -0.299 e. The first-order valence-corrected chi connectivity index (χ1v) is 8.70. The van der Waals surface area contributed by atoms with Crippen molar-refractivity contribution in [1.29, 1.82) is 5.26 Å². The Morgan fingerprint density at radius 3 is 2.81 bits per heavy atom. The van der Waals surface area contributed by atoms with Gasteiger partial charge >= 0.3 is 0 Å². The smallest absolute Gasteiger partial charge is 0.270 e. The molecule has 0 bridgehead atoms. The van der Waals surface area contributed by atoms with Gasteiger partial charge in [-0.1, -0.05) is 0 Å². The van der Waals surface area contributed by atoms with Crippen molar-refractivity contribution in [3.8, 4) is 17.5 Å². The van der Waals surface area contributed by atoms with E-state index in [1.54, 1.807) is 18.5 Å². The highest BCUT2D eigenvalue weighted by Gasteiger charge is 2.30. The third-order valence-electron chi connectivity index (χ3n) is 3.99. The van der Waals surface area contributed by atoms with E-state index in [1.165, 1.54) is 23.9 Å². The SMILES string of the molecule is N#Cc1cc([N+](=O)[O-])ccc1Sc1nnc(-c2cccnc2)n1C1CC1.